The van der Waals surface area contributed by atoms with Gasteiger partial charge in [-0.1, -0.05) is 0 Å². The number of piperidine rings is 1. The Morgan fingerprint density at radius 2 is 1.89 bits per heavy atom. The fourth-order valence-corrected chi connectivity index (χ4v) is 5.34. The van der Waals surface area contributed by atoms with E-state index in [1.807, 2.05) is 0 Å². The normalized spacial score (nSPS) is 17.6. The molecular formula is C25H27F4N7O2. The van der Waals surface area contributed by atoms with Crippen LogP contribution in [0.4, 0.5) is 23.5 Å². The van der Waals surface area contributed by atoms with E-state index in [4.69, 9.17) is 9.47 Å². The van der Waals surface area contributed by atoms with Crippen LogP contribution in [0.15, 0.2) is 18.3 Å². The summed E-state index contributed by atoms with van der Waals surface area (Å²) in [6.07, 6.45) is 0.305. The molecule has 6 rings (SSSR count). The van der Waals surface area contributed by atoms with Crippen molar-refractivity contribution in [2.45, 2.75) is 44.8 Å². The van der Waals surface area contributed by atoms with Crippen molar-refractivity contribution in [2.24, 2.45) is 0 Å². The van der Waals surface area contributed by atoms with E-state index in [0.29, 0.717) is 6.04 Å². The van der Waals surface area contributed by atoms with Gasteiger partial charge in [0.2, 0.25) is 11.8 Å². The van der Waals surface area contributed by atoms with Crippen LogP contribution in [0.3, 0.4) is 0 Å². The first-order valence-electron chi connectivity index (χ1n) is 12.5. The Hall–Kier alpha value is -3.45. The molecule has 2 fully saturated rings. The molecule has 13 heteroatoms. The smallest absolute Gasteiger partial charge is 0.256 e. The molecule has 2 saturated heterocycles. The van der Waals surface area contributed by atoms with E-state index in [0.717, 1.165) is 45.2 Å². The van der Waals surface area contributed by atoms with Crippen molar-refractivity contribution >= 4 is 22.5 Å². The summed E-state index contributed by atoms with van der Waals surface area (Å²) in [4.78, 5) is 11.0. The number of anilines is 1. The molecule has 0 bridgehead atoms. The highest BCUT2D eigenvalue weighted by Crippen LogP contribution is 2.37. The second-order valence-electron chi connectivity index (χ2n) is 9.72. The molecular weight excluding hydrogens is 506 g/mol. The summed E-state index contributed by atoms with van der Waals surface area (Å²) in [6, 6.07) is 3.22. The van der Waals surface area contributed by atoms with Crippen LogP contribution in [-0.2, 0) is 11.3 Å². The van der Waals surface area contributed by atoms with Crippen molar-refractivity contribution in [3.63, 3.8) is 0 Å². The van der Waals surface area contributed by atoms with E-state index in [9.17, 15) is 8.78 Å². The molecule has 0 atom stereocenters. The summed E-state index contributed by atoms with van der Waals surface area (Å²) in [7, 11) is 1.41. The SMILES string of the molecule is COc1nc(NC2CCN(C3COC3)CC2)nn2cc(F)c(-c3cc(F)c4nc(C)n(CC(F)F)c4c3)c12. The maximum absolute atomic E-state index is 15.4. The van der Waals surface area contributed by atoms with Crippen LogP contribution in [-0.4, -0.2) is 81.0 Å². The van der Waals surface area contributed by atoms with Crippen LogP contribution in [0.2, 0.25) is 0 Å². The Kier molecular flexibility index (Phi) is 6.34. The topological polar surface area (TPSA) is 81.7 Å². The number of hydrogen-bond donors (Lipinski definition) is 1. The molecule has 202 valence electrons. The van der Waals surface area contributed by atoms with Crippen molar-refractivity contribution in [2.75, 3.05) is 38.7 Å². The fraction of sp³-hybridized carbons (Fsp3) is 0.480. The summed E-state index contributed by atoms with van der Waals surface area (Å²) in [5, 5.41) is 7.77. The zero-order valence-electron chi connectivity index (χ0n) is 20.9. The Bertz CT molecular complexity index is 1490. The Morgan fingerprint density at radius 1 is 1.13 bits per heavy atom. The van der Waals surface area contributed by atoms with Gasteiger partial charge in [0, 0.05) is 19.1 Å². The lowest BCUT2D eigenvalue weighted by molar-refractivity contribution is -0.0705. The Balaban J connectivity index is 1.34. The van der Waals surface area contributed by atoms with Crippen molar-refractivity contribution in [3.05, 3.63) is 35.8 Å². The van der Waals surface area contributed by atoms with E-state index >= 15 is 8.78 Å². The number of methoxy groups -OCH3 is 1. The predicted octanol–water partition coefficient (Wildman–Crippen LogP) is 3.88. The van der Waals surface area contributed by atoms with Gasteiger partial charge in [0.1, 0.15) is 16.9 Å². The number of nitrogens with one attached hydrogen (secondary N) is 1. The molecule has 0 radical (unpaired) electrons. The van der Waals surface area contributed by atoms with Gasteiger partial charge < -0.3 is 19.4 Å². The van der Waals surface area contributed by atoms with Gasteiger partial charge in [0.15, 0.2) is 11.6 Å². The molecule has 0 amide bonds. The largest absolute Gasteiger partial charge is 0.479 e. The van der Waals surface area contributed by atoms with E-state index in [1.165, 1.54) is 35.4 Å². The number of aromatic nitrogens is 5. The number of imidazole rings is 1. The van der Waals surface area contributed by atoms with Crippen LogP contribution in [0.5, 0.6) is 5.88 Å². The Morgan fingerprint density at radius 3 is 2.55 bits per heavy atom. The molecule has 0 aliphatic carbocycles. The molecule has 4 aromatic rings. The van der Waals surface area contributed by atoms with Crippen molar-refractivity contribution in [1.29, 1.82) is 0 Å². The average Bonchev–Trinajstić information content (AvgIpc) is 3.34. The van der Waals surface area contributed by atoms with Gasteiger partial charge in [0.05, 0.1) is 50.2 Å². The summed E-state index contributed by atoms with van der Waals surface area (Å²) in [6.45, 7) is 4.29. The van der Waals surface area contributed by atoms with Crippen molar-refractivity contribution in [1.82, 2.24) is 29.0 Å². The highest BCUT2D eigenvalue weighted by Gasteiger charge is 2.30. The minimum absolute atomic E-state index is 0.00711. The molecule has 1 N–H and O–H groups in total. The molecule has 1 aromatic carbocycles. The first-order chi connectivity index (χ1) is 18.3. The zero-order chi connectivity index (χ0) is 26.6. The van der Waals surface area contributed by atoms with E-state index < -0.39 is 24.6 Å². The van der Waals surface area contributed by atoms with E-state index in [-0.39, 0.29) is 51.4 Å². The third-order valence-corrected chi connectivity index (χ3v) is 7.35. The minimum atomic E-state index is -2.66. The number of hydrogen-bond acceptors (Lipinski definition) is 7. The molecule has 2 aliphatic rings. The van der Waals surface area contributed by atoms with Crippen LogP contribution in [0.25, 0.3) is 27.7 Å². The van der Waals surface area contributed by atoms with E-state index in [1.54, 1.807) is 0 Å². The number of nitrogens with zero attached hydrogens (tertiary/aromatic N) is 6. The van der Waals surface area contributed by atoms with Crippen LogP contribution in [0, 0.1) is 18.6 Å². The maximum Gasteiger partial charge on any atom is 0.256 e. The highest BCUT2D eigenvalue weighted by molar-refractivity contribution is 5.90. The zero-order valence-corrected chi connectivity index (χ0v) is 20.9. The van der Waals surface area contributed by atoms with Gasteiger partial charge >= 0.3 is 0 Å². The molecule has 0 saturated carbocycles. The number of likely N-dealkylation sites (tertiary alicyclic amines) is 1. The van der Waals surface area contributed by atoms with Gasteiger partial charge in [-0.25, -0.2) is 27.1 Å². The monoisotopic (exact) mass is 533 g/mol. The first kappa shape index (κ1) is 24.9. The van der Waals surface area contributed by atoms with E-state index in [2.05, 4.69) is 25.3 Å². The molecule has 0 unspecified atom stereocenters. The van der Waals surface area contributed by atoms with Crippen molar-refractivity contribution in [3.8, 4) is 17.0 Å². The third-order valence-electron chi connectivity index (χ3n) is 7.35. The number of halogens is 4. The summed E-state index contributed by atoms with van der Waals surface area (Å²) >= 11 is 0. The molecule has 2 aliphatic heterocycles. The van der Waals surface area contributed by atoms with Crippen molar-refractivity contribution < 1.29 is 27.0 Å². The van der Waals surface area contributed by atoms with Gasteiger partial charge in [0.25, 0.3) is 6.43 Å². The Labute approximate surface area is 215 Å². The second-order valence-corrected chi connectivity index (χ2v) is 9.72. The van der Waals surface area contributed by atoms with Crippen LogP contribution >= 0.6 is 0 Å². The molecule has 38 heavy (non-hydrogen) atoms. The molecule has 0 spiro atoms. The predicted molar refractivity (Wildman–Crippen MR) is 132 cm³/mol. The van der Waals surface area contributed by atoms with Crippen LogP contribution < -0.4 is 10.1 Å². The molecule has 3 aromatic heterocycles. The van der Waals surface area contributed by atoms with Gasteiger partial charge in [-0.15, -0.1) is 5.10 Å². The number of ether oxygens (including phenoxy) is 2. The number of alkyl halides is 2. The number of aryl methyl sites for hydroxylation is 1. The summed E-state index contributed by atoms with van der Waals surface area (Å²) in [5.74, 6) is -0.801. The molecule has 9 nitrogen and oxygen atoms in total. The minimum Gasteiger partial charge on any atom is -0.479 e. The number of rotatable bonds is 7. The third kappa shape index (κ3) is 4.33. The lowest BCUT2D eigenvalue weighted by Crippen LogP contribution is -2.53. The lowest BCUT2D eigenvalue weighted by atomic mass is 10.0. The standard InChI is InChI=1S/C25H27F4N7O2/c1-13-30-22-17(26)7-14(8-19(22)35(13)10-20(28)29)21-18(27)9-36-23(21)24(37-2)32-25(33-36)31-15-3-5-34(6-4-15)16-11-38-12-16/h7-9,15-16,20H,3-6,10-12H2,1-2H3,(H,31,33). The van der Waals surface area contributed by atoms with Crippen LogP contribution in [0.1, 0.15) is 18.7 Å². The van der Waals surface area contributed by atoms with Gasteiger partial charge in [-0.2, -0.15) is 4.98 Å². The summed E-state index contributed by atoms with van der Waals surface area (Å²) < 4.78 is 70.1. The lowest BCUT2D eigenvalue weighted by Gasteiger charge is -2.41. The number of benzene rings is 1. The average molecular weight is 534 g/mol. The highest BCUT2D eigenvalue weighted by atomic mass is 19.3. The fourth-order valence-electron chi connectivity index (χ4n) is 5.34. The van der Waals surface area contributed by atoms with Gasteiger partial charge in [-0.05, 0) is 37.5 Å². The summed E-state index contributed by atoms with van der Waals surface area (Å²) in [5.41, 5.74) is 0.440. The second kappa shape index (κ2) is 9.70. The molecule has 5 heterocycles. The quantitative estimate of drug-likeness (QED) is 0.361. The number of fused-ring (bicyclic) bond motifs is 2. The van der Waals surface area contributed by atoms with Gasteiger partial charge in [-0.3, -0.25) is 4.90 Å². The first-order valence-corrected chi connectivity index (χ1v) is 12.5. The maximum atomic E-state index is 15.4.